The summed E-state index contributed by atoms with van der Waals surface area (Å²) in [6, 6.07) is 7.23. The number of rotatable bonds is 12. The van der Waals surface area contributed by atoms with Crippen LogP contribution in [0.15, 0.2) is 36.7 Å². The maximum absolute atomic E-state index is 15.5. The fourth-order valence-electron chi connectivity index (χ4n) is 4.37. The van der Waals surface area contributed by atoms with Gasteiger partial charge in [-0.05, 0) is 44.5 Å². The molecule has 0 spiro atoms. The Bertz CT molecular complexity index is 1430. The molecule has 16 heteroatoms. The monoisotopic (exact) mass is 628 g/mol. The highest BCUT2D eigenvalue weighted by Crippen LogP contribution is 2.46. The van der Waals surface area contributed by atoms with Gasteiger partial charge < -0.3 is 24.0 Å². The number of halogens is 2. The zero-order valence-electron chi connectivity index (χ0n) is 24.0. The van der Waals surface area contributed by atoms with E-state index in [0.717, 1.165) is 0 Å². The second kappa shape index (κ2) is 13.2. The highest BCUT2D eigenvalue weighted by molar-refractivity contribution is 7.52. The Morgan fingerprint density at radius 3 is 2.57 bits per heavy atom. The standard InChI is InChI=1S/C26H35ClFN6O7P/c1-14(2)39-25(36)16(4)32-42(37,41-17-10-8-7-9-11-17)38-12-15(3)21-20(35)18(28)24(40-21)34-13-29-19-22(33(5)6)30-26(27)31-23(19)34/h7-11,13-16,18,20-21,24,35H,12H2,1-6H3,(H,32,37)/t15?,16-,18+,20-,21?,24+,42-/m0/s1. The lowest BCUT2D eigenvalue weighted by atomic mass is 10.00. The summed E-state index contributed by atoms with van der Waals surface area (Å²) < 4.78 is 53.1. The number of hydrogen-bond acceptors (Lipinski definition) is 11. The van der Waals surface area contributed by atoms with Gasteiger partial charge in [0.05, 0.1) is 25.1 Å². The molecule has 1 aliphatic heterocycles. The Hall–Kier alpha value is -2.87. The molecule has 1 aromatic carbocycles. The number of ether oxygens (including phenoxy) is 2. The SMILES string of the molecule is CC(C)OC(=O)[C@H](C)N[P@](=O)(OCC(C)C1O[C@@H](n2cnc3c(N(C)C)nc(Cl)nc32)[C@H](F)[C@@H]1O)Oc1ccccc1. The summed E-state index contributed by atoms with van der Waals surface area (Å²) in [7, 11) is -0.662. The fraction of sp³-hybridized carbons (Fsp3) is 0.538. The molecule has 0 amide bonds. The Labute approximate surface area is 247 Å². The number of nitrogens with zero attached hydrogens (tertiary/aromatic N) is 5. The maximum Gasteiger partial charge on any atom is 0.459 e. The first-order valence-corrected chi connectivity index (χ1v) is 15.2. The van der Waals surface area contributed by atoms with E-state index in [1.807, 2.05) is 0 Å². The molecule has 2 unspecified atom stereocenters. The minimum Gasteiger partial charge on any atom is -0.462 e. The van der Waals surface area contributed by atoms with E-state index in [-0.39, 0.29) is 29.4 Å². The van der Waals surface area contributed by atoms with E-state index < -0.39 is 50.3 Å². The molecule has 7 atom stereocenters. The molecule has 1 saturated heterocycles. The number of aromatic nitrogens is 4. The number of carbonyl (C=O) groups excluding carboxylic acids is 1. The van der Waals surface area contributed by atoms with Gasteiger partial charge >= 0.3 is 13.7 Å². The van der Waals surface area contributed by atoms with Gasteiger partial charge in [-0.15, -0.1) is 0 Å². The van der Waals surface area contributed by atoms with Crippen LogP contribution >= 0.6 is 19.3 Å². The van der Waals surface area contributed by atoms with Crippen molar-refractivity contribution in [2.75, 3.05) is 25.6 Å². The topological polar surface area (TPSA) is 150 Å². The molecule has 230 valence electrons. The first-order chi connectivity index (χ1) is 19.8. The van der Waals surface area contributed by atoms with Crippen LogP contribution < -0.4 is 14.5 Å². The molecule has 0 saturated carbocycles. The van der Waals surface area contributed by atoms with Gasteiger partial charge in [0.15, 0.2) is 29.4 Å². The van der Waals surface area contributed by atoms with Crippen LogP contribution in [0.5, 0.6) is 5.75 Å². The molecule has 2 aromatic heterocycles. The number of hydrogen-bond donors (Lipinski definition) is 2. The summed E-state index contributed by atoms with van der Waals surface area (Å²) in [6.45, 7) is 6.20. The third-order valence-electron chi connectivity index (χ3n) is 6.40. The molecular weight excluding hydrogens is 594 g/mol. The number of imidazole rings is 1. The molecule has 13 nitrogen and oxygen atoms in total. The van der Waals surface area contributed by atoms with E-state index in [2.05, 4.69) is 20.0 Å². The molecule has 1 aliphatic rings. The van der Waals surface area contributed by atoms with Gasteiger partial charge in [0, 0.05) is 20.0 Å². The zero-order valence-corrected chi connectivity index (χ0v) is 25.7. The van der Waals surface area contributed by atoms with E-state index in [9.17, 15) is 14.5 Å². The number of nitrogens with one attached hydrogen (secondary N) is 1. The van der Waals surface area contributed by atoms with Crippen molar-refractivity contribution >= 4 is 42.3 Å². The molecular formula is C26H35ClFN6O7P. The van der Waals surface area contributed by atoms with Gasteiger partial charge in [0.25, 0.3) is 0 Å². The van der Waals surface area contributed by atoms with E-state index in [0.29, 0.717) is 11.3 Å². The smallest absolute Gasteiger partial charge is 0.459 e. The quantitative estimate of drug-likeness (QED) is 0.170. The number of aliphatic hydroxyl groups excluding tert-OH is 1. The lowest BCUT2D eigenvalue weighted by Crippen LogP contribution is -2.38. The molecule has 4 rings (SSSR count). The number of esters is 1. The van der Waals surface area contributed by atoms with Crippen molar-refractivity contribution in [3.8, 4) is 5.75 Å². The minimum absolute atomic E-state index is 0.0617. The summed E-state index contributed by atoms with van der Waals surface area (Å²) in [4.78, 5) is 26.8. The molecule has 1 fully saturated rings. The first kappa shape index (κ1) is 32.1. The molecule has 0 aliphatic carbocycles. The van der Waals surface area contributed by atoms with Crippen molar-refractivity contribution in [1.29, 1.82) is 0 Å². The second-order valence-corrected chi connectivity index (χ2v) is 12.5. The number of fused-ring (bicyclic) bond motifs is 1. The molecule has 2 N–H and O–H groups in total. The number of anilines is 1. The summed E-state index contributed by atoms with van der Waals surface area (Å²) in [5, 5.41) is 13.3. The summed E-state index contributed by atoms with van der Waals surface area (Å²) >= 11 is 6.11. The van der Waals surface area contributed by atoms with E-state index >= 15 is 4.39 Å². The Balaban J connectivity index is 1.51. The van der Waals surface area contributed by atoms with Crippen LogP contribution in [0.4, 0.5) is 10.2 Å². The van der Waals surface area contributed by atoms with Gasteiger partial charge in [-0.25, -0.2) is 13.9 Å². The van der Waals surface area contributed by atoms with Crippen molar-refractivity contribution in [3.63, 3.8) is 0 Å². The normalized spacial score (nSPS) is 23.5. The number of benzene rings is 1. The van der Waals surface area contributed by atoms with Gasteiger partial charge in [-0.2, -0.15) is 15.1 Å². The van der Waals surface area contributed by atoms with Crippen molar-refractivity contribution < 1.29 is 37.4 Å². The van der Waals surface area contributed by atoms with Crippen LogP contribution in [-0.2, 0) is 23.4 Å². The molecule has 3 aromatic rings. The van der Waals surface area contributed by atoms with Crippen molar-refractivity contribution in [2.45, 2.75) is 64.4 Å². The number of para-hydroxylation sites is 1. The third-order valence-corrected chi connectivity index (χ3v) is 8.21. The maximum atomic E-state index is 15.5. The van der Waals surface area contributed by atoms with Crippen molar-refractivity contribution in [2.24, 2.45) is 5.92 Å². The highest BCUT2D eigenvalue weighted by atomic mass is 35.5. The third kappa shape index (κ3) is 7.19. The van der Waals surface area contributed by atoms with Crippen LogP contribution in [0.2, 0.25) is 5.28 Å². The number of carbonyl (C=O) groups is 1. The summed E-state index contributed by atoms with van der Waals surface area (Å²) in [5.74, 6) is -0.661. The lowest BCUT2D eigenvalue weighted by Gasteiger charge is -2.26. The molecule has 0 bridgehead atoms. The van der Waals surface area contributed by atoms with E-state index in [1.165, 1.54) is 17.8 Å². The van der Waals surface area contributed by atoms with Crippen molar-refractivity contribution in [1.82, 2.24) is 24.6 Å². The predicted molar refractivity (Wildman–Crippen MR) is 153 cm³/mol. The molecule has 3 heterocycles. The fourth-order valence-corrected chi connectivity index (χ4v) is 6.13. The number of alkyl halides is 1. The minimum atomic E-state index is -4.17. The second-order valence-electron chi connectivity index (χ2n) is 10.5. The molecule has 0 radical (unpaired) electrons. The largest absolute Gasteiger partial charge is 0.462 e. The first-order valence-electron chi connectivity index (χ1n) is 13.3. The van der Waals surface area contributed by atoms with Crippen LogP contribution in [0, 0.1) is 5.92 Å². The average Bonchev–Trinajstić information content (AvgIpc) is 3.47. The lowest BCUT2D eigenvalue weighted by molar-refractivity contribution is -0.149. The predicted octanol–water partition coefficient (Wildman–Crippen LogP) is 3.91. The van der Waals surface area contributed by atoms with Gasteiger partial charge in [0.1, 0.15) is 17.9 Å². The van der Waals surface area contributed by atoms with Crippen LogP contribution in [0.3, 0.4) is 0 Å². The Kier molecular flexibility index (Phi) is 10.1. The van der Waals surface area contributed by atoms with E-state index in [1.54, 1.807) is 70.1 Å². The summed E-state index contributed by atoms with van der Waals surface area (Å²) in [5.41, 5.74) is 0.611. The highest BCUT2D eigenvalue weighted by Gasteiger charge is 2.48. The van der Waals surface area contributed by atoms with Crippen molar-refractivity contribution in [3.05, 3.63) is 41.9 Å². The van der Waals surface area contributed by atoms with E-state index in [4.69, 9.17) is 30.1 Å². The Morgan fingerprint density at radius 2 is 1.93 bits per heavy atom. The van der Waals surface area contributed by atoms with Crippen LogP contribution in [-0.4, -0.2) is 81.8 Å². The van der Waals surface area contributed by atoms with Gasteiger partial charge in [0.2, 0.25) is 5.28 Å². The average molecular weight is 629 g/mol. The van der Waals surface area contributed by atoms with Crippen LogP contribution in [0.25, 0.3) is 11.2 Å². The van der Waals surface area contributed by atoms with Crippen LogP contribution in [0.1, 0.15) is 33.9 Å². The van der Waals surface area contributed by atoms with Gasteiger partial charge in [-0.1, -0.05) is 25.1 Å². The number of aliphatic hydroxyl groups is 1. The Morgan fingerprint density at radius 1 is 1.24 bits per heavy atom. The van der Waals surface area contributed by atoms with Gasteiger partial charge in [-0.3, -0.25) is 13.9 Å². The zero-order chi connectivity index (χ0) is 30.8. The molecule has 42 heavy (non-hydrogen) atoms. The summed E-state index contributed by atoms with van der Waals surface area (Å²) in [6.07, 6.45) is -4.80.